The maximum Gasteiger partial charge on any atom is 0.261 e. The molecule has 3 nitrogen and oxygen atoms in total. The summed E-state index contributed by atoms with van der Waals surface area (Å²) in [6.07, 6.45) is 0.925. The Morgan fingerprint density at radius 3 is 2.19 bits per heavy atom. The van der Waals surface area contributed by atoms with E-state index in [2.05, 4.69) is 33.4 Å². The summed E-state index contributed by atoms with van der Waals surface area (Å²) in [7, 11) is 1.52. The van der Waals surface area contributed by atoms with E-state index in [9.17, 15) is 9.59 Å². The predicted molar refractivity (Wildman–Crippen MR) is 109 cm³/mol. The molecule has 1 aliphatic rings. The van der Waals surface area contributed by atoms with Crippen LogP contribution in [0.1, 0.15) is 66.0 Å². The van der Waals surface area contributed by atoms with Crippen molar-refractivity contribution in [1.82, 2.24) is 4.90 Å². The van der Waals surface area contributed by atoms with Crippen molar-refractivity contribution >= 4 is 17.4 Å². The van der Waals surface area contributed by atoms with E-state index in [0.29, 0.717) is 11.1 Å². The molecule has 1 aliphatic heterocycles. The first kappa shape index (κ1) is 18.9. The van der Waals surface area contributed by atoms with Crippen LogP contribution in [0.3, 0.4) is 0 Å². The fourth-order valence-corrected chi connectivity index (χ4v) is 3.49. The van der Waals surface area contributed by atoms with Gasteiger partial charge in [-0.05, 0) is 47.6 Å². The Balaban J connectivity index is 2.18. The average molecular weight is 359 g/mol. The smallest absolute Gasteiger partial charge is 0.261 e. The molecule has 0 spiro atoms. The topological polar surface area (TPSA) is 37.4 Å². The van der Waals surface area contributed by atoms with E-state index in [1.807, 2.05) is 42.5 Å². The molecule has 3 heteroatoms. The number of amides is 2. The van der Waals surface area contributed by atoms with Gasteiger partial charge in [-0.25, -0.2) is 0 Å². The van der Waals surface area contributed by atoms with Gasteiger partial charge in [-0.1, -0.05) is 57.2 Å². The molecule has 1 heterocycles. The minimum absolute atomic E-state index is 0.169. The quantitative estimate of drug-likeness (QED) is 0.549. The van der Waals surface area contributed by atoms with E-state index < -0.39 is 0 Å². The molecule has 0 bridgehead atoms. The zero-order valence-electron chi connectivity index (χ0n) is 16.6. The van der Waals surface area contributed by atoms with Crippen LogP contribution in [0.2, 0.25) is 0 Å². The number of carbonyl (C=O) groups is 2. The maximum absolute atomic E-state index is 12.4. The fraction of sp³-hybridized carbons (Fsp3) is 0.292. The van der Waals surface area contributed by atoms with Gasteiger partial charge in [0, 0.05) is 12.6 Å². The summed E-state index contributed by atoms with van der Waals surface area (Å²) >= 11 is 0. The van der Waals surface area contributed by atoms with Gasteiger partial charge in [-0.3, -0.25) is 14.5 Å². The first-order chi connectivity index (χ1) is 12.7. The third kappa shape index (κ3) is 3.94. The summed E-state index contributed by atoms with van der Waals surface area (Å²) in [5.41, 5.74) is 8.68. The van der Waals surface area contributed by atoms with Gasteiger partial charge in [0.2, 0.25) is 0 Å². The largest absolute Gasteiger partial charge is 0.277 e. The predicted octanol–water partition coefficient (Wildman–Crippen LogP) is 5.33. The molecule has 2 aromatic rings. The molecule has 0 fully saturated rings. The van der Waals surface area contributed by atoms with Gasteiger partial charge in [0.25, 0.3) is 11.8 Å². The van der Waals surface area contributed by atoms with Crippen LogP contribution in [0.15, 0.2) is 59.8 Å². The highest BCUT2D eigenvalue weighted by atomic mass is 16.2. The van der Waals surface area contributed by atoms with Crippen LogP contribution in [0.25, 0.3) is 5.57 Å². The molecule has 138 valence electrons. The molecule has 2 aromatic carbocycles. The Labute approximate surface area is 161 Å². The van der Waals surface area contributed by atoms with Crippen molar-refractivity contribution in [3.8, 4) is 0 Å². The monoisotopic (exact) mass is 359 g/mol. The number of imide groups is 1. The van der Waals surface area contributed by atoms with E-state index in [4.69, 9.17) is 0 Å². The molecule has 27 heavy (non-hydrogen) atoms. The second-order valence-electron chi connectivity index (χ2n) is 8.31. The number of fused-ring (bicyclic) bond motifs is 1. The zero-order chi connectivity index (χ0) is 19.8. The second-order valence-corrected chi connectivity index (χ2v) is 8.31. The minimum Gasteiger partial charge on any atom is -0.277 e. The van der Waals surface area contributed by atoms with E-state index >= 15 is 0 Å². The number of hydrogen-bond acceptors (Lipinski definition) is 2. The van der Waals surface area contributed by atoms with Crippen molar-refractivity contribution in [1.29, 1.82) is 0 Å². The molecule has 0 atom stereocenters. The summed E-state index contributed by atoms with van der Waals surface area (Å²) in [6, 6.07) is 15.5. The van der Waals surface area contributed by atoms with E-state index in [0.717, 1.165) is 28.7 Å². The average Bonchev–Trinajstić information content (AvgIpc) is 2.83. The van der Waals surface area contributed by atoms with E-state index in [1.54, 1.807) is 6.07 Å². The Morgan fingerprint density at radius 1 is 0.926 bits per heavy atom. The lowest BCUT2D eigenvalue weighted by Gasteiger charge is -2.17. The number of hydrogen-bond donors (Lipinski definition) is 0. The van der Waals surface area contributed by atoms with Gasteiger partial charge in [0.1, 0.15) is 0 Å². The first-order valence-electron chi connectivity index (χ1n) is 9.16. The summed E-state index contributed by atoms with van der Waals surface area (Å²) < 4.78 is 0. The van der Waals surface area contributed by atoms with Gasteiger partial charge in [0.05, 0.1) is 11.1 Å². The number of nitrogens with zero attached hydrogens (tertiary/aromatic N) is 1. The lowest BCUT2D eigenvalue weighted by molar-refractivity contribution is 0.0693. The first-order valence-corrected chi connectivity index (χ1v) is 9.16. The van der Waals surface area contributed by atoms with Gasteiger partial charge in [-0.15, -0.1) is 5.73 Å². The van der Waals surface area contributed by atoms with Crippen LogP contribution in [0, 0.1) is 5.41 Å². The Hall–Kier alpha value is -2.90. The summed E-state index contributed by atoms with van der Waals surface area (Å²) in [6.45, 7) is 8.70. The highest BCUT2D eigenvalue weighted by Gasteiger charge is 2.32. The second kappa shape index (κ2) is 7.02. The normalized spacial score (nSPS) is 13.4. The van der Waals surface area contributed by atoms with Crippen molar-refractivity contribution in [3.05, 3.63) is 82.1 Å². The molecule has 2 amide bonds. The molecular weight excluding hydrogens is 334 g/mol. The third-order valence-corrected chi connectivity index (χ3v) is 4.57. The Bertz CT molecular complexity index is 971. The number of allylic oxidation sites excluding steroid dienone is 1. The summed E-state index contributed by atoms with van der Waals surface area (Å²) in [4.78, 5) is 25.7. The Morgan fingerprint density at radius 2 is 1.56 bits per heavy atom. The minimum atomic E-state index is -0.250. The van der Waals surface area contributed by atoms with Gasteiger partial charge < -0.3 is 0 Å². The van der Waals surface area contributed by atoms with Crippen LogP contribution in [0.4, 0.5) is 0 Å². The van der Waals surface area contributed by atoms with Crippen LogP contribution in [-0.2, 0) is 0 Å². The molecule has 0 radical (unpaired) electrons. The highest BCUT2D eigenvalue weighted by Crippen LogP contribution is 2.30. The third-order valence-electron chi connectivity index (χ3n) is 4.57. The molecule has 0 aliphatic carbocycles. The standard InChI is InChI=1S/C24H25NO2/c1-16(15-24(2,3)4)13-20(17-9-7-6-8-10-17)18-11-12-19-21(14-18)23(27)25(5)22(19)26/h6-12,14H,15H2,1-5H3. The van der Waals surface area contributed by atoms with Crippen molar-refractivity contribution < 1.29 is 9.59 Å². The lowest BCUT2D eigenvalue weighted by Crippen LogP contribution is -2.24. The fourth-order valence-electron chi connectivity index (χ4n) is 3.49. The van der Waals surface area contributed by atoms with Crippen molar-refractivity contribution in [3.63, 3.8) is 0 Å². The maximum atomic E-state index is 12.4. The van der Waals surface area contributed by atoms with Crippen molar-refractivity contribution in [2.24, 2.45) is 5.41 Å². The molecular formula is C24H25NO2. The molecule has 0 saturated carbocycles. The lowest BCUT2D eigenvalue weighted by atomic mass is 9.87. The molecule has 0 saturated heterocycles. The van der Waals surface area contributed by atoms with Gasteiger partial charge >= 0.3 is 0 Å². The summed E-state index contributed by atoms with van der Waals surface area (Å²) in [5.74, 6) is -0.495. The van der Waals surface area contributed by atoms with Gasteiger partial charge in [-0.2, -0.15) is 0 Å². The number of benzene rings is 2. The molecule has 3 rings (SSSR count). The van der Waals surface area contributed by atoms with E-state index in [-0.39, 0.29) is 17.2 Å². The SMILES string of the molecule is CC(=C=C(c1ccccc1)c1ccc2c(c1)C(=O)N(C)C2=O)CC(C)(C)C. The molecule has 0 aromatic heterocycles. The van der Waals surface area contributed by atoms with E-state index in [1.165, 1.54) is 11.9 Å². The van der Waals surface area contributed by atoms with Crippen molar-refractivity contribution in [2.75, 3.05) is 7.05 Å². The molecule has 0 N–H and O–H groups in total. The Kier molecular flexibility index (Phi) is 4.91. The number of carbonyl (C=O) groups excluding carboxylic acids is 2. The number of rotatable bonds is 3. The van der Waals surface area contributed by atoms with Crippen molar-refractivity contribution in [2.45, 2.75) is 34.1 Å². The zero-order valence-corrected chi connectivity index (χ0v) is 16.6. The highest BCUT2D eigenvalue weighted by molar-refractivity contribution is 6.21. The van der Waals surface area contributed by atoms with Gasteiger partial charge in [0.15, 0.2) is 0 Å². The molecule has 0 unspecified atom stereocenters. The van der Waals surface area contributed by atoms with Crippen LogP contribution < -0.4 is 0 Å². The van der Waals surface area contributed by atoms with Crippen LogP contribution in [-0.4, -0.2) is 23.8 Å². The van der Waals surface area contributed by atoms with Crippen LogP contribution >= 0.6 is 0 Å². The summed E-state index contributed by atoms with van der Waals surface area (Å²) in [5, 5.41) is 0. The van der Waals surface area contributed by atoms with Crippen LogP contribution in [0.5, 0.6) is 0 Å².